The molecule has 1 aliphatic heterocycles. The Morgan fingerprint density at radius 2 is 1.47 bits per heavy atom. The van der Waals surface area contributed by atoms with Crippen molar-refractivity contribution in [3.05, 3.63) is 48.0 Å². The number of hydrogen-bond donors (Lipinski definition) is 2. The second-order valence-corrected chi connectivity index (χ2v) is 12.9. The van der Waals surface area contributed by atoms with E-state index >= 15 is 0 Å². The van der Waals surface area contributed by atoms with E-state index in [4.69, 9.17) is 14.2 Å². The maximum Gasteiger partial charge on any atom is 0.307 e. The van der Waals surface area contributed by atoms with Gasteiger partial charge in [-0.2, -0.15) is 0 Å². The van der Waals surface area contributed by atoms with Crippen LogP contribution in [0, 0.1) is 5.41 Å². The Labute approximate surface area is 272 Å². The van der Waals surface area contributed by atoms with Gasteiger partial charge in [0.25, 0.3) is 0 Å². The molecule has 2 atom stereocenters. The Balaban J connectivity index is 1.41. The molecule has 1 aliphatic rings. The van der Waals surface area contributed by atoms with Crippen LogP contribution < -0.4 is 10.6 Å². The fraction of sp³-hybridized carbons (Fsp3) is 0.703. The fourth-order valence-electron chi connectivity index (χ4n) is 5.30. The number of allylic oxidation sites excluding steroid dienone is 2. The molecule has 2 N–H and O–H groups in total. The molecular formula is C37H60N2O6. The van der Waals surface area contributed by atoms with Crippen molar-refractivity contribution in [2.24, 2.45) is 5.41 Å². The summed E-state index contributed by atoms with van der Waals surface area (Å²) in [5.41, 5.74) is 0.346. The molecule has 1 saturated heterocycles. The highest BCUT2D eigenvalue weighted by Crippen LogP contribution is 2.36. The number of hydrogen-bond acceptors (Lipinski definition) is 6. The molecule has 2 amide bonds. The monoisotopic (exact) mass is 628 g/mol. The lowest BCUT2D eigenvalue weighted by Crippen LogP contribution is -2.51. The van der Waals surface area contributed by atoms with Crippen LogP contribution >= 0.6 is 0 Å². The van der Waals surface area contributed by atoms with E-state index in [0.29, 0.717) is 26.0 Å². The number of esters is 1. The summed E-state index contributed by atoms with van der Waals surface area (Å²) < 4.78 is 17.1. The van der Waals surface area contributed by atoms with Crippen LogP contribution in [0.15, 0.2) is 42.5 Å². The minimum Gasteiger partial charge on any atom is -0.466 e. The third-order valence-electron chi connectivity index (χ3n) is 8.09. The summed E-state index contributed by atoms with van der Waals surface area (Å²) in [5, 5.41) is 5.70. The van der Waals surface area contributed by atoms with Gasteiger partial charge < -0.3 is 24.8 Å². The summed E-state index contributed by atoms with van der Waals surface area (Å²) in [6, 6.07) is 9.52. The summed E-state index contributed by atoms with van der Waals surface area (Å²) >= 11 is 0. The van der Waals surface area contributed by atoms with Crippen molar-refractivity contribution in [3.63, 3.8) is 0 Å². The number of unbranched alkanes of at least 4 members (excludes halogenated alkanes) is 11. The van der Waals surface area contributed by atoms with Crippen molar-refractivity contribution >= 4 is 17.8 Å². The highest BCUT2D eigenvalue weighted by Gasteiger charge is 2.43. The average molecular weight is 629 g/mol. The number of ether oxygens (including phenoxy) is 3. The first kappa shape index (κ1) is 38.5. The molecule has 0 aromatic heterocycles. The van der Waals surface area contributed by atoms with Gasteiger partial charge in [0.15, 0.2) is 6.29 Å². The van der Waals surface area contributed by atoms with Gasteiger partial charge in [-0.1, -0.05) is 115 Å². The molecule has 2 unspecified atom stereocenters. The smallest absolute Gasteiger partial charge is 0.307 e. The number of amides is 2. The molecule has 2 rings (SSSR count). The molecule has 45 heavy (non-hydrogen) atoms. The minimum absolute atomic E-state index is 0.0504. The number of rotatable bonds is 24. The fourth-order valence-corrected chi connectivity index (χ4v) is 5.30. The van der Waals surface area contributed by atoms with Gasteiger partial charge in [-0.05, 0) is 38.5 Å². The second-order valence-electron chi connectivity index (χ2n) is 12.9. The molecule has 1 aromatic carbocycles. The normalized spacial score (nSPS) is 17.7. The summed E-state index contributed by atoms with van der Waals surface area (Å²) in [4.78, 5) is 37.1. The molecule has 8 nitrogen and oxygen atoms in total. The predicted molar refractivity (Wildman–Crippen MR) is 179 cm³/mol. The Bertz CT molecular complexity index is 980. The van der Waals surface area contributed by atoms with Crippen LogP contribution in [-0.4, -0.2) is 50.2 Å². The van der Waals surface area contributed by atoms with Crippen molar-refractivity contribution < 1.29 is 28.6 Å². The summed E-state index contributed by atoms with van der Waals surface area (Å²) in [6.45, 7) is 7.35. The number of benzene rings is 1. The Kier molecular flexibility index (Phi) is 20.2. The molecule has 0 bridgehead atoms. The first-order valence-corrected chi connectivity index (χ1v) is 17.5. The molecule has 0 aliphatic carbocycles. The van der Waals surface area contributed by atoms with E-state index in [2.05, 4.69) is 29.7 Å². The number of carbonyl (C=O) groups is 3. The zero-order valence-electron chi connectivity index (χ0n) is 28.3. The standard InChI is InChI=1S/C37H60N2O6/c1-4-5-6-7-8-9-10-11-12-13-14-15-16-17-21-25-32(40)38-27-22-29-43-33(41)26-28-39-35(42)34-37(2,3)30-44-36(45-34)31-23-19-18-20-24-31/h11-12,18-20,23-24,34,36H,4-10,13-17,21-22,25-30H2,1-3H3,(H,38,40)(H,39,42). The van der Waals surface area contributed by atoms with Crippen LogP contribution in [-0.2, 0) is 28.6 Å². The quantitative estimate of drug-likeness (QED) is 0.0690. The maximum atomic E-state index is 12.9. The SMILES string of the molecule is CCCCCCCCC=CCCCCCCCC(=O)NCCCOC(=O)CCNC(=O)C1OC(c2ccccc2)OCC1(C)C. The van der Waals surface area contributed by atoms with Gasteiger partial charge in [0, 0.05) is 30.5 Å². The zero-order chi connectivity index (χ0) is 32.6. The van der Waals surface area contributed by atoms with Crippen molar-refractivity contribution in [1.82, 2.24) is 10.6 Å². The highest BCUT2D eigenvalue weighted by atomic mass is 16.7. The van der Waals surface area contributed by atoms with Gasteiger partial charge in [0.2, 0.25) is 11.8 Å². The molecule has 0 saturated carbocycles. The van der Waals surface area contributed by atoms with Crippen molar-refractivity contribution in [3.8, 4) is 0 Å². The first-order chi connectivity index (χ1) is 21.8. The molecular weight excluding hydrogens is 568 g/mol. The van der Waals surface area contributed by atoms with E-state index in [-0.39, 0.29) is 37.4 Å². The van der Waals surface area contributed by atoms with Crippen LogP contribution in [0.1, 0.15) is 135 Å². The van der Waals surface area contributed by atoms with Gasteiger partial charge in [0.1, 0.15) is 6.10 Å². The van der Waals surface area contributed by atoms with Gasteiger partial charge in [-0.15, -0.1) is 0 Å². The Hall–Kier alpha value is -2.71. The molecule has 0 radical (unpaired) electrons. The largest absolute Gasteiger partial charge is 0.466 e. The Morgan fingerprint density at radius 3 is 2.16 bits per heavy atom. The lowest BCUT2D eigenvalue weighted by Gasteiger charge is -2.41. The van der Waals surface area contributed by atoms with Gasteiger partial charge in [-0.3, -0.25) is 14.4 Å². The van der Waals surface area contributed by atoms with Crippen molar-refractivity contribution in [1.29, 1.82) is 0 Å². The zero-order valence-corrected chi connectivity index (χ0v) is 28.3. The van der Waals surface area contributed by atoms with Gasteiger partial charge in [-0.25, -0.2) is 0 Å². The van der Waals surface area contributed by atoms with Crippen LogP contribution in [0.4, 0.5) is 0 Å². The second kappa shape index (κ2) is 23.6. The van der Waals surface area contributed by atoms with E-state index in [1.807, 2.05) is 44.2 Å². The van der Waals surface area contributed by atoms with Crippen LogP contribution in [0.3, 0.4) is 0 Å². The minimum atomic E-state index is -0.706. The maximum absolute atomic E-state index is 12.9. The van der Waals surface area contributed by atoms with Crippen LogP contribution in [0.25, 0.3) is 0 Å². The van der Waals surface area contributed by atoms with Crippen LogP contribution in [0.2, 0.25) is 0 Å². The molecule has 8 heteroatoms. The topological polar surface area (TPSA) is 103 Å². The summed E-state index contributed by atoms with van der Waals surface area (Å²) in [5.74, 6) is -0.607. The van der Waals surface area contributed by atoms with Crippen molar-refractivity contribution in [2.45, 2.75) is 136 Å². The van der Waals surface area contributed by atoms with E-state index in [9.17, 15) is 14.4 Å². The Morgan fingerprint density at radius 1 is 0.822 bits per heavy atom. The van der Waals surface area contributed by atoms with E-state index in [1.54, 1.807) is 0 Å². The third-order valence-corrected chi connectivity index (χ3v) is 8.09. The lowest BCUT2D eigenvalue weighted by atomic mass is 9.85. The third kappa shape index (κ3) is 17.5. The van der Waals surface area contributed by atoms with Crippen molar-refractivity contribution in [2.75, 3.05) is 26.3 Å². The lowest BCUT2D eigenvalue weighted by molar-refractivity contribution is -0.258. The number of nitrogens with one attached hydrogen (secondary N) is 2. The molecule has 254 valence electrons. The molecule has 1 aromatic rings. The van der Waals surface area contributed by atoms with E-state index < -0.39 is 17.8 Å². The van der Waals surface area contributed by atoms with Gasteiger partial charge >= 0.3 is 5.97 Å². The predicted octanol–water partition coefficient (Wildman–Crippen LogP) is 7.72. The molecule has 1 fully saturated rings. The summed E-state index contributed by atoms with van der Waals surface area (Å²) in [7, 11) is 0. The van der Waals surface area contributed by atoms with Gasteiger partial charge in [0.05, 0.1) is 19.6 Å². The van der Waals surface area contributed by atoms with Crippen LogP contribution in [0.5, 0.6) is 0 Å². The first-order valence-electron chi connectivity index (χ1n) is 17.5. The molecule has 1 heterocycles. The van der Waals surface area contributed by atoms with E-state index in [1.165, 1.54) is 64.2 Å². The highest BCUT2D eigenvalue weighted by molar-refractivity contribution is 5.82. The number of carbonyl (C=O) groups excluding carboxylic acids is 3. The average Bonchev–Trinajstić information content (AvgIpc) is 3.03. The summed E-state index contributed by atoms with van der Waals surface area (Å²) in [6.07, 6.45) is 20.6. The molecule has 0 spiro atoms. The van der Waals surface area contributed by atoms with E-state index in [0.717, 1.165) is 24.8 Å².